The zero-order chi connectivity index (χ0) is 24.4. The fraction of sp³-hybridized carbons (Fsp3) is 0.148. The van der Waals surface area contributed by atoms with Crippen molar-refractivity contribution in [2.45, 2.75) is 13.8 Å². The number of carbonyl (C=O) groups is 2. The SMILES string of the molecule is COc1ccc(C=C2C(=O)N(c3ccc(C)cc3)C(=S)N(c3ccc(C)cc3)C2=O)cc1OC. The number of hydrogen-bond donors (Lipinski definition) is 0. The summed E-state index contributed by atoms with van der Waals surface area (Å²) in [6.07, 6.45) is 1.55. The van der Waals surface area contributed by atoms with Crippen LogP contribution in [0.25, 0.3) is 6.08 Å². The molecule has 1 aliphatic heterocycles. The molecule has 2 amide bonds. The molecule has 0 spiro atoms. The maximum atomic E-state index is 13.6. The topological polar surface area (TPSA) is 59.1 Å². The lowest BCUT2D eigenvalue weighted by Gasteiger charge is -2.36. The number of thiocarbonyl (C=S) groups is 1. The van der Waals surface area contributed by atoms with E-state index in [0.29, 0.717) is 28.4 Å². The summed E-state index contributed by atoms with van der Waals surface area (Å²) in [4.78, 5) is 30.0. The first-order valence-electron chi connectivity index (χ1n) is 10.6. The molecule has 0 aromatic heterocycles. The van der Waals surface area contributed by atoms with Crippen molar-refractivity contribution in [3.63, 3.8) is 0 Å². The highest BCUT2D eigenvalue weighted by molar-refractivity contribution is 7.81. The van der Waals surface area contributed by atoms with Crippen molar-refractivity contribution in [3.05, 3.63) is 89.0 Å². The lowest BCUT2D eigenvalue weighted by atomic mass is 10.0. The van der Waals surface area contributed by atoms with Crippen LogP contribution in [0, 0.1) is 13.8 Å². The first-order valence-corrected chi connectivity index (χ1v) is 11.0. The molecule has 7 heteroatoms. The van der Waals surface area contributed by atoms with Crippen LogP contribution < -0.4 is 19.3 Å². The van der Waals surface area contributed by atoms with Gasteiger partial charge in [-0.3, -0.25) is 19.4 Å². The minimum Gasteiger partial charge on any atom is -0.493 e. The van der Waals surface area contributed by atoms with Crippen LogP contribution in [-0.2, 0) is 9.59 Å². The van der Waals surface area contributed by atoms with Gasteiger partial charge in [0.25, 0.3) is 11.8 Å². The van der Waals surface area contributed by atoms with E-state index in [9.17, 15) is 9.59 Å². The van der Waals surface area contributed by atoms with E-state index < -0.39 is 11.8 Å². The molecule has 1 aliphatic rings. The van der Waals surface area contributed by atoms with Crippen molar-refractivity contribution in [2.24, 2.45) is 0 Å². The van der Waals surface area contributed by atoms with Gasteiger partial charge in [-0.25, -0.2) is 0 Å². The Balaban J connectivity index is 1.86. The number of rotatable bonds is 5. The summed E-state index contributed by atoms with van der Waals surface area (Å²) >= 11 is 5.67. The molecule has 6 nitrogen and oxygen atoms in total. The molecule has 0 saturated carbocycles. The number of aryl methyl sites for hydroxylation is 2. The molecule has 172 valence electrons. The smallest absolute Gasteiger partial charge is 0.270 e. The van der Waals surface area contributed by atoms with Crippen molar-refractivity contribution in [1.82, 2.24) is 0 Å². The van der Waals surface area contributed by atoms with Crippen LogP contribution in [0.15, 0.2) is 72.3 Å². The van der Waals surface area contributed by atoms with Gasteiger partial charge in [0.1, 0.15) is 5.57 Å². The van der Waals surface area contributed by atoms with Crippen LogP contribution >= 0.6 is 12.2 Å². The van der Waals surface area contributed by atoms with Crippen LogP contribution in [0.4, 0.5) is 11.4 Å². The molecule has 1 heterocycles. The summed E-state index contributed by atoms with van der Waals surface area (Å²) in [6, 6.07) is 20.1. The lowest BCUT2D eigenvalue weighted by molar-refractivity contribution is -0.120. The predicted octanol–water partition coefficient (Wildman–Crippen LogP) is 5.07. The van der Waals surface area contributed by atoms with Gasteiger partial charge in [-0.1, -0.05) is 41.5 Å². The Morgan fingerprint density at radius 3 is 1.62 bits per heavy atom. The molecule has 0 aliphatic carbocycles. The minimum atomic E-state index is -0.489. The first-order chi connectivity index (χ1) is 16.3. The number of hydrogen-bond acceptors (Lipinski definition) is 5. The van der Waals surface area contributed by atoms with E-state index in [1.54, 1.807) is 31.4 Å². The summed E-state index contributed by atoms with van der Waals surface area (Å²) in [6.45, 7) is 3.93. The number of amides is 2. The Kier molecular flexibility index (Phi) is 6.47. The number of carbonyl (C=O) groups excluding carboxylic acids is 2. The summed E-state index contributed by atoms with van der Waals surface area (Å²) in [5.74, 6) is 0.0672. The van der Waals surface area contributed by atoms with Gasteiger partial charge in [0.2, 0.25) is 0 Å². The highest BCUT2D eigenvalue weighted by atomic mass is 32.1. The Morgan fingerprint density at radius 1 is 0.706 bits per heavy atom. The molecule has 0 radical (unpaired) electrons. The van der Waals surface area contributed by atoms with Crippen LogP contribution in [0.1, 0.15) is 16.7 Å². The minimum absolute atomic E-state index is 0.0121. The van der Waals surface area contributed by atoms with Crippen molar-refractivity contribution >= 4 is 46.6 Å². The van der Waals surface area contributed by atoms with Crippen LogP contribution in [0.3, 0.4) is 0 Å². The van der Waals surface area contributed by atoms with Gasteiger partial charge in [-0.2, -0.15) is 0 Å². The van der Waals surface area contributed by atoms with Gasteiger partial charge < -0.3 is 9.47 Å². The van der Waals surface area contributed by atoms with E-state index in [-0.39, 0.29) is 10.7 Å². The Hall–Kier alpha value is -3.97. The molecular formula is C27H24N2O4S. The van der Waals surface area contributed by atoms with Crippen molar-refractivity contribution in [1.29, 1.82) is 0 Å². The average molecular weight is 473 g/mol. The average Bonchev–Trinajstić information content (AvgIpc) is 2.84. The Labute approximate surface area is 204 Å². The maximum absolute atomic E-state index is 13.6. The second-order valence-electron chi connectivity index (χ2n) is 7.91. The summed E-state index contributed by atoms with van der Waals surface area (Å²) < 4.78 is 10.7. The number of nitrogens with zero attached hydrogens (tertiary/aromatic N) is 2. The molecule has 3 aromatic rings. The third-order valence-electron chi connectivity index (χ3n) is 5.55. The number of ether oxygens (including phenoxy) is 2. The normalized spacial score (nSPS) is 13.9. The van der Waals surface area contributed by atoms with E-state index in [4.69, 9.17) is 21.7 Å². The molecule has 0 N–H and O–H groups in total. The second kappa shape index (κ2) is 9.49. The molecule has 1 saturated heterocycles. The third kappa shape index (κ3) is 4.30. The van der Waals surface area contributed by atoms with Gasteiger partial charge >= 0.3 is 0 Å². The zero-order valence-corrected chi connectivity index (χ0v) is 20.2. The third-order valence-corrected chi connectivity index (χ3v) is 5.92. The molecular weight excluding hydrogens is 448 g/mol. The Morgan fingerprint density at radius 2 is 1.18 bits per heavy atom. The van der Waals surface area contributed by atoms with E-state index in [2.05, 4.69) is 0 Å². The summed E-state index contributed by atoms with van der Waals surface area (Å²) in [7, 11) is 3.08. The van der Waals surface area contributed by atoms with Crippen LogP contribution in [-0.4, -0.2) is 31.1 Å². The fourth-order valence-corrected chi connectivity index (χ4v) is 4.06. The first kappa shape index (κ1) is 23.2. The maximum Gasteiger partial charge on any atom is 0.270 e. The summed E-state index contributed by atoms with van der Waals surface area (Å²) in [5.41, 5.74) is 3.88. The van der Waals surface area contributed by atoms with E-state index in [1.165, 1.54) is 16.9 Å². The van der Waals surface area contributed by atoms with Gasteiger partial charge in [-0.05, 0) is 74.1 Å². The molecule has 0 bridgehead atoms. The fourth-order valence-electron chi connectivity index (χ4n) is 3.68. The monoisotopic (exact) mass is 472 g/mol. The lowest BCUT2D eigenvalue weighted by Crippen LogP contribution is -2.56. The van der Waals surface area contributed by atoms with Crippen LogP contribution in [0.5, 0.6) is 11.5 Å². The molecule has 3 aromatic carbocycles. The predicted molar refractivity (Wildman–Crippen MR) is 137 cm³/mol. The largest absolute Gasteiger partial charge is 0.493 e. The highest BCUT2D eigenvalue weighted by Gasteiger charge is 2.41. The molecule has 4 rings (SSSR count). The second-order valence-corrected chi connectivity index (χ2v) is 8.27. The number of benzene rings is 3. The van der Waals surface area contributed by atoms with E-state index >= 15 is 0 Å². The van der Waals surface area contributed by atoms with E-state index in [1.807, 2.05) is 62.4 Å². The van der Waals surface area contributed by atoms with Gasteiger partial charge in [0.15, 0.2) is 16.6 Å². The zero-order valence-electron chi connectivity index (χ0n) is 19.4. The molecule has 0 unspecified atom stereocenters. The van der Waals surface area contributed by atoms with Crippen LogP contribution in [0.2, 0.25) is 0 Å². The van der Waals surface area contributed by atoms with Gasteiger partial charge in [-0.15, -0.1) is 0 Å². The highest BCUT2D eigenvalue weighted by Crippen LogP contribution is 2.32. The molecule has 0 atom stereocenters. The molecule has 34 heavy (non-hydrogen) atoms. The van der Waals surface area contributed by atoms with E-state index in [0.717, 1.165) is 11.1 Å². The molecule has 1 fully saturated rings. The Bertz CT molecular complexity index is 1230. The number of methoxy groups -OCH3 is 2. The quantitative estimate of drug-likeness (QED) is 0.295. The van der Waals surface area contributed by atoms with Crippen molar-refractivity contribution in [3.8, 4) is 11.5 Å². The van der Waals surface area contributed by atoms with Gasteiger partial charge in [0.05, 0.1) is 25.6 Å². The van der Waals surface area contributed by atoms with Crippen molar-refractivity contribution < 1.29 is 19.1 Å². The summed E-state index contributed by atoms with van der Waals surface area (Å²) in [5, 5.41) is 0.104. The van der Waals surface area contributed by atoms with Gasteiger partial charge in [0, 0.05) is 0 Å². The standard InChI is InChI=1S/C27H24N2O4S/c1-17-5-10-20(11-6-17)28-25(30)22(15-19-9-14-23(32-3)24(16-19)33-4)26(31)29(27(28)34)21-12-7-18(2)8-13-21/h5-16H,1-4H3. The number of anilines is 2. The van der Waals surface area contributed by atoms with Crippen molar-refractivity contribution in [2.75, 3.05) is 24.0 Å².